The highest BCUT2D eigenvalue weighted by Crippen LogP contribution is 2.38. The number of aromatic nitrogens is 3. The van der Waals surface area contributed by atoms with E-state index in [2.05, 4.69) is 10.1 Å². The van der Waals surface area contributed by atoms with E-state index in [1.807, 2.05) is 0 Å². The molecule has 0 saturated carbocycles. The van der Waals surface area contributed by atoms with Crippen molar-refractivity contribution < 1.29 is 22.7 Å². The Labute approximate surface area is 162 Å². The smallest absolute Gasteiger partial charge is 0.378 e. The second-order valence-electron chi connectivity index (χ2n) is 6.67. The minimum absolute atomic E-state index is 0.0800. The highest BCUT2D eigenvalue weighted by atomic mass is 19.4. The number of aryl methyl sites for hydroxylation is 1. The third-order valence-corrected chi connectivity index (χ3v) is 4.82. The van der Waals surface area contributed by atoms with E-state index >= 15 is 0 Å². The van der Waals surface area contributed by atoms with E-state index in [9.17, 15) is 22.8 Å². The summed E-state index contributed by atoms with van der Waals surface area (Å²) >= 11 is 0. The standard InChI is InChI=1S/C19H17F3N4O3/c1-11-13(17(27)25-7-9-29-10-8-25)18(28)26-16(23-11)14(12-5-3-2-4-6-12)15(24-26)19(20,21)22/h2-6,24H,7-10H2,1H3. The number of H-pyrrole nitrogens is 1. The molecule has 0 radical (unpaired) electrons. The molecule has 1 aliphatic heterocycles. The van der Waals surface area contributed by atoms with E-state index in [0.29, 0.717) is 30.8 Å². The summed E-state index contributed by atoms with van der Waals surface area (Å²) in [5, 5.41) is 2.12. The molecule has 1 aromatic carbocycles. The number of carbonyl (C=O) groups excluding carboxylic acids is 1. The van der Waals surface area contributed by atoms with Gasteiger partial charge in [-0.05, 0) is 12.5 Å². The third kappa shape index (κ3) is 3.29. The highest BCUT2D eigenvalue weighted by Gasteiger charge is 2.38. The van der Waals surface area contributed by atoms with Gasteiger partial charge in [-0.25, -0.2) is 4.98 Å². The van der Waals surface area contributed by atoms with Crippen molar-refractivity contribution in [3.63, 3.8) is 0 Å². The van der Waals surface area contributed by atoms with Crippen molar-refractivity contribution >= 4 is 11.6 Å². The Bertz CT molecular complexity index is 1130. The lowest BCUT2D eigenvalue weighted by Crippen LogP contribution is -2.43. The number of amides is 1. The third-order valence-electron chi connectivity index (χ3n) is 4.82. The van der Waals surface area contributed by atoms with Gasteiger partial charge < -0.3 is 9.64 Å². The van der Waals surface area contributed by atoms with Crippen LogP contribution in [0.1, 0.15) is 21.7 Å². The zero-order valence-corrected chi connectivity index (χ0v) is 15.4. The van der Waals surface area contributed by atoms with Crippen molar-refractivity contribution in [3.8, 4) is 11.1 Å². The van der Waals surface area contributed by atoms with Gasteiger partial charge in [-0.3, -0.25) is 14.7 Å². The molecular weight excluding hydrogens is 389 g/mol. The largest absolute Gasteiger partial charge is 0.433 e. The molecule has 0 spiro atoms. The number of nitrogens with zero attached hydrogens (tertiary/aromatic N) is 3. The van der Waals surface area contributed by atoms with Crippen LogP contribution in [0.5, 0.6) is 0 Å². The van der Waals surface area contributed by atoms with Crippen LogP contribution in [-0.2, 0) is 10.9 Å². The maximum Gasteiger partial charge on any atom is 0.433 e. The molecule has 0 unspecified atom stereocenters. The number of morpholine rings is 1. The monoisotopic (exact) mass is 406 g/mol. The number of halogens is 3. The molecule has 2 aromatic heterocycles. The van der Waals surface area contributed by atoms with E-state index in [0.717, 1.165) is 0 Å². The van der Waals surface area contributed by atoms with Gasteiger partial charge in [0.1, 0.15) is 11.3 Å². The second kappa shape index (κ2) is 7.03. The van der Waals surface area contributed by atoms with Gasteiger partial charge in [-0.15, -0.1) is 0 Å². The Morgan fingerprint density at radius 1 is 1.17 bits per heavy atom. The summed E-state index contributed by atoms with van der Waals surface area (Å²) in [6.45, 7) is 2.72. The summed E-state index contributed by atoms with van der Waals surface area (Å²) in [4.78, 5) is 31.5. The average Bonchev–Trinajstić information content (AvgIpc) is 3.09. The van der Waals surface area contributed by atoms with Gasteiger partial charge in [-0.2, -0.15) is 17.7 Å². The quantitative estimate of drug-likeness (QED) is 0.709. The molecule has 0 atom stereocenters. The number of fused-ring (bicyclic) bond motifs is 1. The van der Waals surface area contributed by atoms with Gasteiger partial charge in [0.25, 0.3) is 11.5 Å². The van der Waals surface area contributed by atoms with Crippen molar-refractivity contribution in [1.29, 1.82) is 0 Å². The number of alkyl halides is 3. The van der Waals surface area contributed by atoms with Crippen LogP contribution in [0, 0.1) is 6.92 Å². The average molecular weight is 406 g/mol. The number of aromatic amines is 1. The molecule has 4 rings (SSSR count). The molecule has 3 aromatic rings. The predicted molar refractivity (Wildman–Crippen MR) is 97.7 cm³/mol. The van der Waals surface area contributed by atoms with E-state index in [1.54, 1.807) is 18.2 Å². The van der Waals surface area contributed by atoms with Crippen LogP contribution in [0.2, 0.25) is 0 Å². The van der Waals surface area contributed by atoms with E-state index in [4.69, 9.17) is 4.74 Å². The Morgan fingerprint density at radius 3 is 2.45 bits per heavy atom. The van der Waals surface area contributed by atoms with Gasteiger partial charge in [0.05, 0.1) is 24.5 Å². The van der Waals surface area contributed by atoms with Crippen LogP contribution >= 0.6 is 0 Å². The fourth-order valence-corrected chi connectivity index (χ4v) is 3.43. The molecule has 7 nitrogen and oxygen atoms in total. The lowest BCUT2D eigenvalue weighted by Gasteiger charge is -2.26. The molecule has 1 N–H and O–H groups in total. The van der Waals surface area contributed by atoms with Crippen LogP contribution in [0.3, 0.4) is 0 Å². The topological polar surface area (TPSA) is 79.7 Å². The van der Waals surface area contributed by atoms with Crippen LogP contribution < -0.4 is 5.56 Å². The number of hydrogen-bond acceptors (Lipinski definition) is 4. The van der Waals surface area contributed by atoms with Crippen molar-refractivity contribution in [3.05, 3.63) is 57.6 Å². The number of ether oxygens (including phenoxy) is 1. The maximum atomic E-state index is 13.7. The zero-order valence-electron chi connectivity index (χ0n) is 15.4. The van der Waals surface area contributed by atoms with Crippen LogP contribution in [0.25, 0.3) is 16.8 Å². The lowest BCUT2D eigenvalue weighted by atomic mass is 10.1. The summed E-state index contributed by atoms with van der Waals surface area (Å²) in [5.74, 6) is -0.567. The van der Waals surface area contributed by atoms with Crippen molar-refractivity contribution in [2.24, 2.45) is 0 Å². The number of carbonyl (C=O) groups is 1. The fraction of sp³-hybridized carbons (Fsp3) is 0.316. The predicted octanol–water partition coefficient (Wildman–Crippen LogP) is 2.49. The summed E-state index contributed by atoms with van der Waals surface area (Å²) in [6, 6.07) is 7.88. The normalized spacial score (nSPS) is 15.1. The number of rotatable bonds is 2. The molecule has 1 fully saturated rings. The fourth-order valence-electron chi connectivity index (χ4n) is 3.43. The molecule has 29 heavy (non-hydrogen) atoms. The molecule has 152 valence electrons. The molecule has 0 bridgehead atoms. The first-order valence-electron chi connectivity index (χ1n) is 8.94. The first-order chi connectivity index (χ1) is 13.8. The van der Waals surface area contributed by atoms with Gasteiger partial charge in [0, 0.05) is 13.1 Å². The van der Waals surface area contributed by atoms with E-state index < -0.39 is 23.3 Å². The molecule has 10 heteroatoms. The van der Waals surface area contributed by atoms with Gasteiger partial charge >= 0.3 is 6.18 Å². The maximum absolute atomic E-state index is 13.7. The first-order valence-corrected chi connectivity index (χ1v) is 8.94. The molecule has 1 saturated heterocycles. The summed E-state index contributed by atoms with van der Waals surface area (Å²) in [5.41, 5.74) is -2.28. The minimum Gasteiger partial charge on any atom is -0.378 e. The van der Waals surface area contributed by atoms with Crippen molar-refractivity contribution in [2.45, 2.75) is 13.1 Å². The van der Waals surface area contributed by atoms with Gasteiger partial charge in [0.15, 0.2) is 5.65 Å². The van der Waals surface area contributed by atoms with Gasteiger partial charge in [-0.1, -0.05) is 30.3 Å². The lowest BCUT2D eigenvalue weighted by molar-refractivity contribution is -0.140. The van der Waals surface area contributed by atoms with E-state index in [-0.39, 0.29) is 28.0 Å². The number of hydrogen-bond donors (Lipinski definition) is 1. The Hall–Kier alpha value is -3.14. The van der Waals surface area contributed by atoms with Crippen LogP contribution in [0.15, 0.2) is 35.1 Å². The molecule has 3 heterocycles. The SMILES string of the molecule is Cc1nc2c(-c3ccccc3)c(C(F)(F)F)[nH]n2c(=O)c1C(=O)N1CCOCC1. The van der Waals surface area contributed by atoms with Crippen LogP contribution in [-0.4, -0.2) is 51.7 Å². The van der Waals surface area contributed by atoms with E-state index in [1.165, 1.54) is 24.0 Å². The summed E-state index contributed by atoms with van der Waals surface area (Å²) < 4.78 is 47.0. The highest BCUT2D eigenvalue weighted by molar-refractivity contribution is 5.95. The number of nitrogens with one attached hydrogen (secondary N) is 1. The van der Waals surface area contributed by atoms with Crippen molar-refractivity contribution in [2.75, 3.05) is 26.3 Å². The molecular formula is C19H17F3N4O3. The summed E-state index contributed by atoms with van der Waals surface area (Å²) in [6.07, 6.45) is -4.74. The second-order valence-corrected chi connectivity index (χ2v) is 6.67. The number of benzene rings is 1. The zero-order chi connectivity index (χ0) is 20.8. The minimum atomic E-state index is -4.74. The van der Waals surface area contributed by atoms with Gasteiger partial charge in [0.2, 0.25) is 0 Å². The Kier molecular flexibility index (Phi) is 4.65. The Balaban J connectivity index is 1.96. The Morgan fingerprint density at radius 2 is 1.83 bits per heavy atom. The molecule has 1 aliphatic rings. The van der Waals surface area contributed by atoms with Crippen molar-refractivity contribution in [1.82, 2.24) is 19.5 Å². The first kappa shape index (κ1) is 19.2. The molecule has 1 amide bonds. The summed E-state index contributed by atoms with van der Waals surface area (Å²) in [7, 11) is 0. The molecule has 0 aliphatic carbocycles. The van der Waals surface area contributed by atoms with Crippen LogP contribution in [0.4, 0.5) is 13.2 Å².